The second kappa shape index (κ2) is 8.79. The summed E-state index contributed by atoms with van der Waals surface area (Å²) in [7, 11) is 3.81. The van der Waals surface area contributed by atoms with Gasteiger partial charge in [0.25, 0.3) is 0 Å². The van der Waals surface area contributed by atoms with Crippen LogP contribution in [0.15, 0.2) is 67.3 Å². The molecule has 1 heterocycles. The van der Waals surface area contributed by atoms with E-state index < -0.39 is 0 Å². The molecule has 0 saturated heterocycles. The van der Waals surface area contributed by atoms with Crippen molar-refractivity contribution in [3.8, 4) is 17.1 Å². The molecule has 0 amide bonds. The van der Waals surface area contributed by atoms with Crippen LogP contribution < -0.4 is 9.64 Å². The molecule has 5 nitrogen and oxygen atoms in total. The summed E-state index contributed by atoms with van der Waals surface area (Å²) in [5.41, 5.74) is 2.21. The lowest BCUT2D eigenvalue weighted by molar-refractivity contribution is -0.917. The number of nitrogens with one attached hydrogen (secondary N) is 1. The molecular weight excluding hydrogens is 356 g/mol. The Morgan fingerprint density at radius 3 is 2.56 bits per heavy atom. The highest BCUT2D eigenvalue weighted by Gasteiger charge is 2.17. The number of rotatable bonds is 8. The van der Waals surface area contributed by atoms with Crippen molar-refractivity contribution in [3.63, 3.8) is 0 Å². The lowest BCUT2D eigenvalue weighted by Crippen LogP contribution is -3.07. The van der Waals surface area contributed by atoms with Crippen molar-refractivity contribution in [1.29, 1.82) is 0 Å². The first kappa shape index (κ1) is 19.1. The van der Waals surface area contributed by atoms with E-state index in [-0.39, 0.29) is 0 Å². The van der Waals surface area contributed by atoms with E-state index >= 15 is 0 Å². The van der Waals surface area contributed by atoms with Gasteiger partial charge in [0.05, 0.1) is 19.7 Å². The number of para-hydroxylation sites is 1. The third-order valence-corrected chi connectivity index (χ3v) is 4.78. The Bertz CT molecular complexity index is 962. The van der Waals surface area contributed by atoms with Gasteiger partial charge in [0.15, 0.2) is 12.5 Å². The van der Waals surface area contributed by atoms with Crippen LogP contribution in [0.25, 0.3) is 11.4 Å². The molecule has 0 fully saturated rings. The normalized spacial score (nSPS) is 11.9. The molecule has 6 heteroatoms. The molecule has 3 rings (SSSR count). The van der Waals surface area contributed by atoms with E-state index in [1.54, 1.807) is 7.11 Å². The van der Waals surface area contributed by atoms with E-state index in [1.165, 1.54) is 10.5 Å². The summed E-state index contributed by atoms with van der Waals surface area (Å²) in [6.07, 6.45) is 1.83. The van der Waals surface area contributed by atoms with Crippen LogP contribution in [-0.4, -0.2) is 28.5 Å². The molecule has 1 N–H and O–H groups in total. The van der Waals surface area contributed by atoms with Gasteiger partial charge in [-0.1, -0.05) is 48.5 Å². The van der Waals surface area contributed by atoms with Gasteiger partial charge in [0.1, 0.15) is 12.3 Å². The molecule has 0 aliphatic carbocycles. The van der Waals surface area contributed by atoms with Crippen LogP contribution in [0.2, 0.25) is 0 Å². The molecular formula is C21H25N4OS+. The van der Waals surface area contributed by atoms with E-state index in [2.05, 4.69) is 37.9 Å². The van der Waals surface area contributed by atoms with Gasteiger partial charge in [-0.2, -0.15) is 4.68 Å². The summed E-state index contributed by atoms with van der Waals surface area (Å²) in [6.45, 7) is 6.05. The van der Waals surface area contributed by atoms with Crippen LogP contribution in [-0.2, 0) is 19.8 Å². The van der Waals surface area contributed by atoms with Crippen LogP contribution in [0.3, 0.4) is 0 Å². The van der Waals surface area contributed by atoms with Crippen LogP contribution in [0.5, 0.6) is 5.75 Å². The van der Waals surface area contributed by atoms with E-state index in [0.717, 1.165) is 23.7 Å². The van der Waals surface area contributed by atoms with Gasteiger partial charge < -0.3 is 9.64 Å². The molecule has 0 aliphatic heterocycles. The molecule has 1 aromatic heterocycles. The minimum atomic E-state index is 0.601. The number of hydrogen-bond acceptors (Lipinski definition) is 3. The van der Waals surface area contributed by atoms with Crippen molar-refractivity contribution >= 4 is 12.2 Å². The molecule has 2 aromatic carbocycles. The van der Waals surface area contributed by atoms with Crippen molar-refractivity contribution in [2.75, 3.05) is 14.2 Å². The predicted molar refractivity (Wildman–Crippen MR) is 110 cm³/mol. The Morgan fingerprint density at radius 1 is 1.15 bits per heavy atom. The molecule has 0 saturated carbocycles. The monoisotopic (exact) mass is 381 g/mol. The fraction of sp³-hybridized carbons (Fsp3) is 0.238. The van der Waals surface area contributed by atoms with Gasteiger partial charge >= 0.3 is 0 Å². The standard InChI is InChI=1S/C21H24N4OS/c1-4-14-24-20(18-12-8-9-13-19(18)26-3)22-25(21(24)27)16-23(2)15-17-10-6-5-7-11-17/h4-13H,1,14-16H2,2-3H3/p+1. The number of benzene rings is 2. The Hall–Kier alpha value is -2.70. The fourth-order valence-corrected chi connectivity index (χ4v) is 3.39. The summed E-state index contributed by atoms with van der Waals surface area (Å²) in [5.74, 6) is 1.57. The first-order chi connectivity index (χ1) is 13.1. The molecule has 0 bridgehead atoms. The topological polar surface area (TPSA) is 36.4 Å². The first-order valence-corrected chi connectivity index (χ1v) is 9.32. The van der Waals surface area contributed by atoms with Gasteiger partial charge in [0, 0.05) is 12.1 Å². The molecule has 0 radical (unpaired) electrons. The van der Waals surface area contributed by atoms with Crippen LogP contribution in [0.4, 0.5) is 0 Å². The lowest BCUT2D eigenvalue weighted by Gasteiger charge is -2.13. The van der Waals surface area contributed by atoms with Gasteiger partial charge in [-0.05, 0) is 24.4 Å². The Kier molecular flexibility index (Phi) is 6.21. The summed E-state index contributed by atoms with van der Waals surface area (Å²) in [6, 6.07) is 18.3. The second-order valence-corrected chi connectivity index (χ2v) is 6.85. The van der Waals surface area contributed by atoms with Crippen molar-refractivity contribution < 1.29 is 9.64 Å². The Labute approximate surface area is 165 Å². The average Bonchev–Trinajstić information content (AvgIpc) is 2.98. The number of nitrogens with zero attached hydrogens (tertiary/aromatic N) is 3. The van der Waals surface area contributed by atoms with Crippen LogP contribution >= 0.6 is 12.2 Å². The number of quaternary nitrogens is 1. The van der Waals surface area contributed by atoms with Gasteiger partial charge in [-0.3, -0.25) is 4.57 Å². The van der Waals surface area contributed by atoms with Crippen molar-refractivity contribution in [3.05, 3.63) is 77.6 Å². The summed E-state index contributed by atoms with van der Waals surface area (Å²) < 4.78 is 10.1. The zero-order valence-electron chi connectivity index (χ0n) is 15.8. The third kappa shape index (κ3) is 4.35. The molecule has 1 unspecified atom stereocenters. The SMILES string of the molecule is C=CCn1c(-c2ccccc2OC)nn(C[NH+](C)Cc2ccccc2)c1=S. The number of hydrogen-bond donors (Lipinski definition) is 1. The summed E-state index contributed by atoms with van der Waals surface area (Å²) >= 11 is 5.70. The summed E-state index contributed by atoms with van der Waals surface area (Å²) in [4.78, 5) is 1.30. The number of allylic oxidation sites excluding steroid dienone is 1. The predicted octanol–water partition coefficient (Wildman–Crippen LogP) is 2.95. The van der Waals surface area contributed by atoms with E-state index in [4.69, 9.17) is 22.1 Å². The highest BCUT2D eigenvalue weighted by Crippen LogP contribution is 2.28. The smallest absolute Gasteiger partial charge is 0.203 e. The van der Waals surface area contributed by atoms with Crippen molar-refractivity contribution in [2.45, 2.75) is 19.8 Å². The zero-order chi connectivity index (χ0) is 19.2. The third-order valence-electron chi connectivity index (χ3n) is 4.35. The van der Waals surface area contributed by atoms with Gasteiger partial charge in [-0.15, -0.1) is 11.7 Å². The molecule has 1 atom stereocenters. The highest BCUT2D eigenvalue weighted by molar-refractivity contribution is 7.71. The fourth-order valence-electron chi connectivity index (χ4n) is 3.12. The minimum Gasteiger partial charge on any atom is -0.496 e. The van der Waals surface area contributed by atoms with Crippen molar-refractivity contribution in [1.82, 2.24) is 14.3 Å². The minimum absolute atomic E-state index is 0.601. The first-order valence-electron chi connectivity index (χ1n) is 8.91. The highest BCUT2D eigenvalue weighted by atomic mass is 32.1. The maximum absolute atomic E-state index is 5.70. The lowest BCUT2D eigenvalue weighted by atomic mass is 10.2. The second-order valence-electron chi connectivity index (χ2n) is 6.48. The van der Waals surface area contributed by atoms with E-state index in [9.17, 15) is 0 Å². The largest absolute Gasteiger partial charge is 0.496 e. The molecule has 0 aliphatic rings. The van der Waals surface area contributed by atoms with Gasteiger partial charge in [-0.25, -0.2) is 0 Å². The molecule has 0 spiro atoms. The average molecular weight is 382 g/mol. The maximum Gasteiger partial charge on any atom is 0.203 e. The molecule has 3 aromatic rings. The molecule has 27 heavy (non-hydrogen) atoms. The zero-order valence-corrected chi connectivity index (χ0v) is 16.6. The van der Waals surface area contributed by atoms with E-state index in [1.807, 2.05) is 45.7 Å². The van der Waals surface area contributed by atoms with Gasteiger partial charge in [0.2, 0.25) is 4.77 Å². The van der Waals surface area contributed by atoms with Crippen LogP contribution in [0, 0.1) is 4.77 Å². The summed E-state index contributed by atoms with van der Waals surface area (Å²) in [5, 5.41) is 4.82. The number of methoxy groups -OCH3 is 1. The van der Waals surface area contributed by atoms with E-state index in [0.29, 0.717) is 18.0 Å². The Morgan fingerprint density at radius 2 is 1.85 bits per heavy atom. The molecule has 140 valence electrons. The number of aromatic nitrogens is 3. The number of ether oxygens (including phenoxy) is 1. The Balaban J connectivity index is 1.93. The van der Waals surface area contributed by atoms with Crippen LogP contribution in [0.1, 0.15) is 5.56 Å². The maximum atomic E-state index is 5.70. The quantitative estimate of drug-likeness (QED) is 0.481. The van der Waals surface area contributed by atoms with Crippen molar-refractivity contribution in [2.24, 2.45) is 0 Å².